The van der Waals surface area contributed by atoms with E-state index in [0.29, 0.717) is 18.0 Å². The van der Waals surface area contributed by atoms with Crippen molar-refractivity contribution in [3.8, 4) is 56.9 Å². The van der Waals surface area contributed by atoms with Crippen LogP contribution < -0.4 is 14.6 Å². The molecule has 6 aromatic heterocycles. The zero-order valence-corrected chi connectivity index (χ0v) is 47.5. The van der Waals surface area contributed by atoms with Gasteiger partial charge < -0.3 is 30.2 Å². The van der Waals surface area contributed by atoms with Crippen LogP contribution in [0, 0.1) is 0 Å². The molecule has 7 rings (SSSR count). The molecule has 0 fully saturated rings. The van der Waals surface area contributed by atoms with Crippen LogP contribution in [0.4, 0.5) is 0 Å². The van der Waals surface area contributed by atoms with E-state index in [1.54, 1.807) is 12.3 Å². The van der Waals surface area contributed by atoms with Crippen LogP contribution in [0.15, 0.2) is 110 Å². The first kappa shape index (κ1) is 61.5. The molecular weight excluding hydrogens is 1060 g/mol. The third-order valence-corrected chi connectivity index (χ3v) is 13.4. The summed E-state index contributed by atoms with van der Waals surface area (Å²) >= 11 is 5.67. The number of hydrogen-bond donors (Lipinski definition) is 1. The average Bonchev–Trinajstić information content (AvgIpc) is 4.09. The zero-order valence-electron chi connectivity index (χ0n) is 44.2. The molecule has 0 bridgehead atoms. The molecule has 0 unspecified atom stereocenters. The van der Waals surface area contributed by atoms with Gasteiger partial charge in [-0.25, -0.2) is 9.78 Å². The molecule has 6 heterocycles. The quantitative estimate of drug-likeness (QED) is 0.0206. The van der Waals surface area contributed by atoms with Gasteiger partial charge in [0.15, 0.2) is 0 Å². The van der Waals surface area contributed by atoms with Crippen molar-refractivity contribution in [2.75, 3.05) is 13.2 Å². The Hall–Kier alpha value is -6.04. The second-order valence-electron chi connectivity index (χ2n) is 18.1. The number of benzene rings is 1. The minimum absolute atomic E-state index is 0. The van der Waals surface area contributed by atoms with Crippen LogP contribution in [0.5, 0.6) is 11.5 Å². The Morgan fingerprint density at radius 3 is 1.95 bits per heavy atom. The number of pyridine rings is 4. The van der Waals surface area contributed by atoms with Crippen molar-refractivity contribution in [3.05, 3.63) is 141 Å². The van der Waals surface area contributed by atoms with E-state index in [0.717, 1.165) is 77.0 Å². The molecule has 1 N–H and O–H groups in total. The van der Waals surface area contributed by atoms with Crippen LogP contribution in [0.2, 0.25) is 0 Å². The van der Waals surface area contributed by atoms with Gasteiger partial charge in [-0.1, -0.05) is 141 Å². The maximum atomic E-state index is 11.0. The second-order valence-corrected chi connectivity index (χ2v) is 19.4. The summed E-state index contributed by atoms with van der Waals surface area (Å²) in [7, 11) is 0. The molecule has 11 nitrogen and oxygen atoms in total. The predicted molar refractivity (Wildman–Crippen MR) is 308 cm³/mol. The van der Waals surface area contributed by atoms with Crippen molar-refractivity contribution in [2.24, 2.45) is 0 Å². The number of isothiocyanates is 1. The van der Waals surface area contributed by atoms with Gasteiger partial charge in [0.2, 0.25) is 0 Å². The zero-order chi connectivity index (χ0) is 52.6. The Bertz CT molecular complexity index is 2790. The molecule has 0 atom stereocenters. The Morgan fingerprint density at radius 1 is 0.640 bits per heavy atom. The summed E-state index contributed by atoms with van der Waals surface area (Å²) < 4.78 is 12.4. The number of aromatic carboxylic acids is 1. The van der Waals surface area contributed by atoms with Crippen LogP contribution in [-0.2, 0) is 32.3 Å². The van der Waals surface area contributed by atoms with Crippen LogP contribution in [0.3, 0.4) is 0 Å². The van der Waals surface area contributed by atoms with Gasteiger partial charge in [0.25, 0.3) is 0 Å². The smallest absolute Gasteiger partial charge is 0.753 e. The number of carboxylic acid groups (broad SMARTS) is 1. The molecule has 0 aliphatic rings. The molecular formula is C61H73N7O4RuS2. The SMILES string of the molecule is CCCCCCOc1ccc(-c2cc(-c3cc(/C=C/c4sc(CCCCCC)cc4CCCCCC)ccn3)[n-]n2)c(OCCCCCC)c1.O=C(O)c1ccnc(-c2cccc(-c3ccccn3)n2)c1.[N-]=C=S.[Ru+2]. The summed E-state index contributed by atoms with van der Waals surface area (Å²) in [4.78, 5) is 31.6. The number of thiocarbonyl (C=S) groups is 1. The third kappa shape index (κ3) is 21.6. The Balaban J connectivity index is 0.000000401. The molecule has 7 aromatic rings. The van der Waals surface area contributed by atoms with Crippen LogP contribution in [0.1, 0.15) is 162 Å². The maximum absolute atomic E-state index is 11.0. The summed E-state index contributed by atoms with van der Waals surface area (Å²) in [6.07, 6.45) is 31.7. The first-order valence-corrected chi connectivity index (χ1v) is 27.8. The van der Waals surface area contributed by atoms with Gasteiger partial charge in [-0.15, -0.1) is 11.3 Å². The fraction of sp³-hybridized carbons (Fsp3) is 0.393. The van der Waals surface area contributed by atoms with Gasteiger partial charge in [-0.05, 0) is 129 Å². The summed E-state index contributed by atoms with van der Waals surface area (Å²) in [5.74, 6) is 0.655. The van der Waals surface area contributed by atoms with Crippen LogP contribution >= 0.6 is 23.6 Å². The largest absolute Gasteiger partial charge is 2.00 e. The molecule has 0 saturated heterocycles. The Kier molecular flexibility index (Phi) is 29.6. The van der Waals surface area contributed by atoms with Crippen molar-refractivity contribution in [1.82, 2.24) is 30.1 Å². The topological polar surface area (TPSA) is 157 Å². The summed E-state index contributed by atoms with van der Waals surface area (Å²) in [5, 5.41) is 26.7. The minimum atomic E-state index is -0.987. The van der Waals surface area contributed by atoms with E-state index in [-0.39, 0.29) is 25.0 Å². The van der Waals surface area contributed by atoms with E-state index in [1.807, 2.05) is 66.1 Å². The van der Waals surface area contributed by atoms with Crippen molar-refractivity contribution in [2.45, 2.75) is 143 Å². The van der Waals surface area contributed by atoms with E-state index in [9.17, 15) is 4.79 Å². The molecule has 0 spiro atoms. The van der Waals surface area contributed by atoms with Crippen molar-refractivity contribution < 1.29 is 38.9 Å². The first-order valence-electron chi connectivity index (χ1n) is 26.6. The van der Waals surface area contributed by atoms with E-state index in [4.69, 9.17) is 20.0 Å². The average molecular weight is 1130 g/mol. The van der Waals surface area contributed by atoms with Gasteiger partial charge in [0, 0.05) is 45.7 Å². The van der Waals surface area contributed by atoms with Crippen molar-refractivity contribution in [3.63, 3.8) is 0 Å². The number of hydrogen-bond acceptors (Lipinski definition) is 10. The number of nitrogens with zero attached hydrogens (tertiary/aromatic N) is 7. The van der Waals surface area contributed by atoms with E-state index in [1.165, 1.54) is 135 Å². The van der Waals surface area contributed by atoms with Gasteiger partial charge in [-0.2, -0.15) is 5.16 Å². The molecule has 396 valence electrons. The molecule has 0 aliphatic carbocycles. The van der Waals surface area contributed by atoms with Crippen LogP contribution in [0.25, 0.3) is 63.0 Å². The summed E-state index contributed by atoms with van der Waals surface area (Å²) in [5.41, 5.74) is 8.73. The Labute approximate surface area is 467 Å². The number of unbranched alkanes of at least 4 members (excludes halogenated alkanes) is 12. The van der Waals surface area contributed by atoms with E-state index in [2.05, 4.69) is 106 Å². The molecule has 0 radical (unpaired) electrons. The second kappa shape index (κ2) is 36.0. The predicted octanol–water partition coefficient (Wildman–Crippen LogP) is 16.7. The number of aryl methyl sites for hydroxylation is 2. The fourth-order valence-electron chi connectivity index (χ4n) is 8.14. The molecule has 1 aromatic carbocycles. The Morgan fingerprint density at radius 2 is 1.27 bits per heavy atom. The monoisotopic (exact) mass is 1130 g/mol. The fourth-order valence-corrected chi connectivity index (χ4v) is 9.29. The van der Waals surface area contributed by atoms with Gasteiger partial charge in [0.05, 0.1) is 47.2 Å². The minimum Gasteiger partial charge on any atom is -0.753 e. The number of carbonyl (C=O) groups is 1. The van der Waals surface area contributed by atoms with Gasteiger partial charge in [0.1, 0.15) is 11.5 Å². The summed E-state index contributed by atoms with van der Waals surface area (Å²) in [6.45, 7) is 10.4. The van der Waals surface area contributed by atoms with E-state index >= 15 is 0 Å². The molecule has 0 aliphatic heterocycles. The first-order chi connectivity index (χ1) is 36.3. The number of rotatable bonds is 29. The molecule has 0 saturated carbocycles. The summed E-state index contributed by atoms with van der Waals surface area (Å²) in [6, 6.07) is 28.9. The number of ether oxygens (including phenoxy) is 2. The molecule has 14 heteroatoms. The van der Waals surface area contributed by atoms with Crippen LogP contribution in [-0.4, -0.2) is 54.5 Å². The van der Waals surface area contributed by atoms with Crippen molar-refractivity contribution in [1.29, 1.82) is 0 Å². The van der Waals surface area contributed by atoms with E-state index < -0.39 is 5.97 Å². The number of carboxylic acids is 1. The molecule has 0 amide bonds. The third-order valence-electron chi connectivity index (χ3n) is 12.2. The standard InChI is InChI=1S/C44H62N3O2S.C16H11N3O2.CNS.Ru/c1-5-9-13-17-21-36-32-38(22-18-14-10-6-2)50-44(36)26-23-35-27-28-45-41(31-35)42-34-40(46-47-42)39-25-24-37(48-29-19-15-11-7-3)33-43(39)49-30-20-16-12-8-4;20-16(21)11-7-9-18-15(10-11)14-6-3-5-13(19-14)12-4-1-2-8-17-12;2-1-3;/h23-28,31-34H,5-22,29-30H2,1-4H3;1-10H,(H,20,21);;/q-1;;-1;+2/b26-23+;;;. The van der Waals surface area contributed by atoms with Gasteiger partial charge >= 0.3 is 25.4 Å². The number of thiophene rings is 1. The number of aromatic nitrogens is 6. The normalized spacial score (nSPS) is 10.7. The molecule has 75 heavy (non-hydrogen) atoms. The van der Waals surface area contributed by atoms with Crippen molar-refractivity contribution >= 4 is 46.8 Å². The maximum Gasteiger partial charge on any atom is 2.00 e. The van der Waals surface area contributed by atoms with Gasteiger partial charge in [-0.3, -0.25) is 15.0 Å².